The lowest BCUT2D eigenvalue weighted by Crippen LogP contribution is -2.37. The van der Waals surface area contributed by atoms with Gasteiger partial charge in [0.1, 0.15) is 24.1 Å². The maximum Gasteiger partial charge on any atom is 0.241 e. The maximum absolute atomic E-state index is 12.2. The quantitative estimate of drug-likeness (QED) is 0.707. The van der Waals surface area contributed by atoms with Crippen LogP contribution in [-0.2, 0) is 11.8 Å². The zero-order valence-corrected chi connectivity index (χ0v) is 13.6. The Morgan fingerprint density at radius 3 is 2.57 bits per heavy atom. The summed E-state index contributed by atoms with van der Waals surface area (Å²) in [5, 5.41) is 9.91. The summed E-state index contributed by atoms with van der Waals surface area (Å²) in [4.78, 5) is 12.2. The normalized spacial score (nSPS) is 11.8. The van der Waals surface area contributed by atoms with Gasteiger partial charge in [0.2, 0.25) is 5.91 Å². The van der Waals surface area contributed by atoms with Gasteiger partial charge < -0.3 is 20.1 Å². The Kier molecular flexibility index (Phi) is 5.99. The molecule has 1 amide bonds. The second-order valence-corrected chi connectivity index (χ2v) is 4.98. The Labute approximate surface area is 135 Å². The topological polar surface area (TPSA) is 77.4 Å². The monoisotopic (exact) mass is 318 g/mol. The van der Waals surface area contributed by atoms with Crippen LogP contribution in [0.1, 0.15) is 11.6 Å². The minimum atomic E-state index is -0.426. The lowest BCUT2D eigenvalue weighted by Gasteiger charge is -2.14. The number of carbonyl (C=O) groups excluding carboxylic acids is 1. The van der Waals surface area contributed by atoms with Crippen LogP contribution in [0.2, 0.25) is 0 Å². The summed E-state index contributed by atoms with van der Waals surface area (Å²) in [7, 11) is 5.17. The van der Waals surface area contributed by atoms with Crippen molar-refractivity contribution in [3.05, 3.63) is 42.2 Å². The molecule has 0 aliphatic rings. The van der Waals surface area contributed by atoms with E-state index in [0.29, 0.717) is 13.2 Å². The zero-order valence-electron chi connectivity index (χ0n) is 13.6. The van der Waals surface area contributed by atoms with Crippen molar-refractivity contribution >= 4 is 5.91 Å². The summed E-state index contributed by atoms with van der Waals surface area (Å²) >= 11 is 0. The van der Waals surface area contributed by atoms with Crippen LogP contribution >= 0.6 is 0 Å². The van der Waals surface area contributed by atoms with Crippen LogP contribution in [-0.4, -0.2) is 43.0 Å². The third-order valence-corrected chi connectivity index (χ3v) is 3.34. The van der Waals surface area contributed by atoms with E-state index in [-0.39, 0.29) is 5.91 Å². The number of carbonyl (C=O) groups is 1. The number of hydrogen-bond acceptors (Lipinski definition) is 5. The van der Waals surface area contributed by atoms with E-state index in [0.717, 1.165) is 17.1 Å². The predicted molar refractivity (Wildman–Crippen MR) is 86.5 cm³/mol. The number of likely N-dealkylation sites (N-methyl/N-ethyl adjacent to an activating group) is 1. The van der Waals surface area contributed by atoms with Gasteiger partial charge in [-0.05, 0) is 31.3 Å². The molecular formula is C16H22N4O3. The molecule has 1 atom stereocenters. The number of methoxy groups -OCH3 is 1. The molecule has 0 spiro atoms. The molecule has 0 fully saturated rings. The SMILES string of the molecule is CNC(C(=O)NCCOc1ccc(OC)cc1)c1cnn(C)c1. The number of hydrogen-bond donors (Lipinski definition) is 2. The van der Waals surface area contributed by atoms with Crippen LogP contribution in [0, 0.1) is 0 Å². The van der Waals surface area contributed by atoms with Crippen molar-refractivity contribution in [2.24, 2.45) is 7.05 Å². The molecule has 2 aromatic rings. The Morgan fingerprint density at radius 1 is 1.30 bits per heavy atom. The molecular weight excluding hydrogens is 296 g/mol. The molecule has 0 saturated heterocycles. The maximum atomic E-state index is 12.2. The number of ether oxygens (including phenoxy) is 2. The number of aryl methyl sites for hydroxylation is 1. The molecule has 23 heavy (non-hydrogen) atoms. The zero-order chi connectivity index (χ0) is 16.7. The molecule has 0 aliphatic carbocycles. The fourth-order valence-corrected chi connectivity index (χ4v) is 2.16. The molecule has 0 radical (unpaired) electrons. The molecule has 0 bridgehead atoms. The van der Waals surface area contributed by atoms with Gasteiger partial charge in [0.15, 0.2) is 0 Å². The number of rotatable bonds is 8. The molecule has 1 aromatic heterocycles. The van der Waals surface area contributed by atoms with Crippen molar-refractivity contribution in [2.75, 3.05) is 27.3 Å². The van der Waals surface area contributed by atoms with Gasteiger partial charge in [-0.25, -0.2) is 0 Å². The minimum absolute atomic E-state index is 0.112. The Morgan fingerprint density at radius 2 is 2.00 bits per heavy atom. The molecule has 7 nitrogen and oxygen atoms in total. The molecule has 1 aromatic carbocycles. The van der Waals surface area contributed by atoms with Gasteiger partial charge in [-0.1, -0.05) is 0 Å². The number of nitrogens with one attached hydrogen (secondary N) is 2. The molecule has 2 rings (SSSR count). The first-order chi connectivity index (χ1) is 11.1. The van der Waals surface area contributed by atoms with Crippen LogP contribution < -0.4 is 20.1 Å². The first kappa shape index (κ1) is 16.8. The van der Waals surface area contributed by atoms with E-state index < -0.39 is 6.04 Å². The van der Waals surface area contributed by atoms with Gasteiger partial charge in [0, 0.05) is 18.8 Å². The lowest BCUT2D eigenvalue weighted by atomic mass is 10.1. The van der Waals surface area contributed by atoms with E-state index in [4.69, 9.17) is 9.47 Å². The van der Waals surface area contributed by atoms with Crippen molar-refractivity contribution in [1.29, 1.82) is 0 Å². The molecule has 124 valence electrons. The van der Waals surface area contributed by atoms with Gasteiger partial charge in [-0.3, -0.25) is 9.48 Å². The van der Waals surface area contributed by atoms with E-state index in [2.05, 4.69) is 15.7 Å². The number of benzene rings is 1. The van der Waals surface area contributed by atoms with Crippen molar-refractivity contribution < 1.29 is 14.3 Å². The van der Waals surface area contributed by atoms with E-state index in [1.165, 1.54) is 0 Å². The van der Waals surface area contributed by atoms with Crippen molar-refractivity contribution in [1.82, 2.24) is 20.4 Å². The summed E-state index contributed by atoms with van der Waals surface area (Å²) in [5.74, 6) is 1.40. The Bertz CT molecular complexity index is 625. The van der Waals surface area contributed by atoms with Gasteiger partial charge >= 0.3 is 0 Å². The Balaban J connectivity index is 1.77. The third kappa shape index (κ3) is 4.72. The molecule has 1 unspecified atom stereocenters. The van der Waals surface area contributed by atoms with Crippen LogP contribution in [0.4, 0.5) is 0 Å². The van der Waals surface area contributed by atoms with Crippen LogP contribution in [0.3, 0.4) is 0 Å². The van der Waals surface area contributed by atoms with E-state index in [1.54, 1.807) is 25.0 Å². The second-order valence-electron chi connectivity index (χ2n) is 4.98. The highest BCUT2D eigenvalue weighted by Gasteiger charge is 2.19. The first-order valence-electron chi connectivity index (χ1n) is 7.34. The van der Waals surface area contributed by atoms with Gasteiger partial charge in [-0.15, -0.1) is 0 Å². The third-order valence-electron chi connectivity index (χ3n) is 3.34. The van der Waals surface area contributed by atoms with Crippen molar-refractivity contribution in [3.8, 4) is 11.5 Å². The van der Waals surface area contributed by atoms with E-state index in [9.17, 15) is 4.79 Å². The summed E-state index contributed by atoms with van der Waals surface area (Å²) in [6.07, 6.45) is 3.49. The van der Waals surface area contributed by atoms with E-state index in [1.807, 2.05) is 37.5 Å². The average molecular weight is 318 g/mol. The standard InChI is InChI=1S/C16H22N4O3/c1-17-15(12-10-19-20(2)11-12)16(21)18-8-9-23-14-6-4-13(22-3)5-7-14/h4-7,10-11,15,17H,8-9H2,1-3H3,(H,18,21). The molecule has 0 saturated carbocycles. The fraction of sp³-hybridized carbons (Fsp3) is 0.375. The number of nitrogens with zero attached hydrogens (tertiary/aromatic N) is 2. The highest BCUT2D eigenvalue weighted by atomic mass is 16.5. The van der Waals surface area contributed by atoms with Crippen molar-refractivity contribution in [3.63, 3.8) is 0 Å². The second kappa shape index (κ2) is 8.19. The summed E-state index contributed by atoms with van der Waals surface area (Å²) in [6.45, 7) is 0.810. The highest BCUT2D eigenvalue weighted by Crippen LogP contribution is 2.16. The first-order valence-corrected chi connectivity index (χ1v) is 7.34. The van der Waals surface area contributed by atoms with Crippen LogP contribution in [0.15, 0.2) is 36.7 Å². The summed E-state index contributed by atoms with van der Waals surface area (Å²) in [6, 6.07) is 6.88. The summed E-state index contributed by atoms with van der Waals surface area (Å²) < 4.78 is 12.3. The predicted octanol–water partition coefficient (Wildman–Crippen LogP) is 0.884. The molecule has 1 heterocycles. The number of amides is 1. The number of aromatic nitrogens is 2. The lowest BCUT2D eigenvalue weighted by molar-refractivity contribution is -0.123. The molecule has 0 aliphatic heterocycles. The fourth-order valence-electron chi connectivity index (χ4n) is 2.16. The summed E-state index contributed by atoms with van der Waals surface area (Å²) in [5.41, 5.74) is 0.823. The smallest absolute Gasteiger partial charge is 0.241 e. The van der Waals surface area contributed by atoms with E-state index >= 15 is 0 Å². The van der Waals surface area contributed by atoms with Gasteiger partial charge in [0.05, 0.1) is 19.9 Å². The Hall–Kier alpha value is -2.54. The molecule has 2 N–H and O–H groups in total. The van der Waals surface area contributed by atoms with Gasteiger partial charge in [0.25, 0.3) is 0 Å². The molecule has 7 heteroatoms. The van der Waals surface area contributed by atoms with Crippen LogP contribution in [0.25, 0.3) is 0 Å². The van der Waals surface area contributed by atoms with Crippen LogP contribution in [0.5, 0.6) is 11.5 Å². The van der Waals surface area contributed by atoms with Crippen molar-refractivity contribution in [2.45, 2.75) is 6.04 Å². The highest BCUT2D eigenvalue weighted by molar-refractivity contribution is 5.82. The minimum Gasteiger partial charge on any atom is -0.497 e. The largest absolute Gasteiger partial charge is 0.497 e. The van der Waals surface area contributed by atoms with Gasteiger partial charge in [-0.2, -0.15) is 5.10 Å². The average Bonchev–Trinajstić information content (AvgIpc) is 2.99.